The molecule has 0 atom stereocenters. The fraction of sp³-hybridized carbons (Fsp3) is 0.938. The molecule has 1 saturated carbocycles. The predicted molar refractivity (Wildman–Crippen MR) is 82.8 cm³/mol. The second-order valence-electron chi connectivity index (χ2n) is 6.26. The largest absolute Gasteiger partial charge is 0.356 e. The van der Waals surface area contributed by atoms with E-state index in [1.54, 1.807) is 0 Å². The summed E-state index contributed by atoms with van der Waals surface area (Å²) in [5.74, 6) is 0.609. The van der Waals surface area contributed by atoms with Crippen LogP contribution in [0.15, 0.2) is 0 Å². The lowest BCUT2D eigenvalue weighted by atomic mass is 9.89. The van der Waals surface area contributed by atoms with Gasteiger partial charge in [0.1, 0.15) is 0 Å². The van der Waals surface area contributed by atoms with Crippen molar-refractivity contribution in [2.45, 2.75) is 45.4 Å². The molecule has 2 rings (SSSR count). The third-order valence-corrected chi connectivity index (χ3v) is 4.84. The molecule has 1 heterocycles. The molecular weight excluding hydrogens is 250 g/mol. The Morgan fingerprint density at radius 3 is 2.35 bits per heavy atom. The number of carbonyl (C=O) groups excluding carboxylic acids is 1. The minimum atomic E-state index is 0.303. The van der Waals surface area contributed by atoms with Crippen LogP contribution in [-0.2, 0) is 4.79 Å². The van der Waals surface area contributed by atoms with Crippen molar-refractivity contribution >= 4 is 5.91 Å². The topological polar surface area (TPSA) is 35.6 Å². The zero-order valence-electron chi connectivity index (χ0n) is 13.1. The van der Waals surface area contributed by atoms with Gasteiger partial charge >= 0.3 is 0 Å². The molecule has 0 aromatic rings. The Bertz CT molecular complexity index is 281. The van der Waals surface area contributed by atoms with Crippen LogP contribution in [-0.4, -0.2) is 61.5 Å². The lowest BCUT2D eigenvalue weighted by Gasteiger charge is -2.34. The molecule has 1 saturated heterocycles. The van der Waals surface area contributed by atoms with Crippen LogP contribution in [0, 0.1) is 5.92 Å². The van der Waals surface area contributed by atoms with Crippen molar-refractivity contribution in [2.24, 2.45) is 5.92 Å². The van der Waals surface area contributed by atoms with Crippen LogP contribution >= 0.6 is 0 Å². The van der Waals surface area contributed by atoms with Gasteiger partial charge in [-0.05, 0) is 32.4 Å². The number of likely N-dealkylation sites (N-methyl/N-ethyl adjacent to an activating group) is 1. The van der Waals surface area contributed by atoms with Crippen LogP contribution < -0.4 is 5.32 Å². The summed E-state index contributed by atoms with van der Waals surface area (Å²) < 4.78 is 0. The van der Waals surface area contributed by atoms with Gasteiger partial charge in [0.05, 0.1) is 0 Å². The molecule has 1 N–H and O–H groups in total. The van der Waals surface area contributed by atoms with Gasteiger partial charge in [0.25, 0.3) is 0 Å². The molecule has 0 aromatic carbocycles. The van der Waals surface area contributed by atoms with Gasteiger partial charge in [0.15, 0.2) is 0 Å². The Morgan fingerprint density at radius 2 is 1.70 bits per heavy atom. The summed E-state index contributed by atoms with van der Waals surface area (Å²) in [6, 6.07) is 0. The maximum absolute atomic E-state index is 12.0. The van der Waals surface area contributed by atoms with Crippen LogP contribution in [0.25, 0.3) is 0 Å². The van der Waals surface area contributed by atoms with E-state index in [4.69, 9.17) is 0 Å². The maximum atomic E-state index is 12.0. The number of rotatable bonds is 6. The van der Waals surface area contributed by atoms with Crippen LogP contribution in [0.2, 0.25) is 0 Å². The summed E-state index contributed by atoms with van der Waals surface area (Å²) >= 11 is 0. The number of hydrogen-bond donors (Lipinski definition) is 1. The molecule has 0 bridgehead atoms. The molecule has 116 valence electrons. The first-order valence-electron chi connectivity index (χ1n) is 8.52. The summed E-state index contributed by atoms with van der Waals surface area (Å²) in [6.07, 6.45) is 7.08. The fourth-order valence-electron chi connectivity index (χ4n) is 3.35. The number of nitrogens with one attached hydrogen (secondary N) is 1. The lowest BCUT2D eigenvalue weighted by Crippen LogP contribution is -2.46. The van der Waals surface area contributed by atoms with Gasteiger partial charge in [-0.3, -0.25) is 4.79 Å². The van der Waals surface area contributed by atoms with E-state index in [9.17, 15) is 4.79 Å². The second kappa shape index (κ2) is 8.63. The first-order chi connectivity index (χ1) is 9.79. The maximum Gasteiger partial charge on any atom is 0.223 e. The van der Waals surface area contributed by atoms with E-state index in [-0.39, 0.29) is 0 Å². The van der Waals surface area contributed by atoms with Crippen molar-refractivity contribution in [1.82, 2.24) is 15.1 Å². The van der Waals surface area contributed by atoms with E-state index in [0.29, 0.717) is 11.8 Å². The number of carbonyl (C=O) groups is 1. The van der Waals surface area contributed by atoms with Crippen molar-refractivity contribution in [3.8, 4) is 0 Å². The smallest absolute Gasteiger partial charge is 0.223 e. The molecule has 20 heavy (non-hydrogen) atoms. The van der Waals surface area contributed by atoms with Gasteiger partial charge in [-0.2, -0.15) is 0 Å². The first kappa shape index (κ1) is 15.8. The van der Waals surface area contributed by atoms with E-state index in [1.165, 1.54) is 52.0 Å². The first-order valence-corrected chi connectivity index (χ1v) is 8.52. The van der Waals surface area contributed by atoms with Gasteiger partial charge in [-0.25, -0.2) is 0 Å². The molecule has 1 aliphatic carbocycles. The quantitative estimate of drug-likeness (QED) is 0.753. The van der Waals surface area contributed by atoms with Crippen LogP contribution in [0.3, 0.4) is 0 Å². The summed E-state index contributed by atoms with van der Waals surface area (Å²) in [5, 5.41) is 3.14. The summed E-state index contributed by atoms with van der Waals surface area (Å²) in [4.78, 5) is 17.0. The average Bonchev–Trinajstić information content (AvgIpc) is 2.53. The standard InChI is InChI=1S/C16H31N3O/c1-2-18-11-13-19(14-12-18)10-6-9-17-16(20)15-7-4-3-5-8-15/h15H,2-14H2,1H3,(H,17,20). The molecule has 0 unspecified atom stereocenters. The zero-order valence-corrected chi connectivity index (χ0v) is 13.1. The molecular formula is C16H31N3O. The fourth-order valence-corrected chi connectivity index (χ4v) is 3.35. The van der Waals surface area contributed by atoms with Gasteiger partial charge in [-0.1, -0.05) is 26.2 Å². The summed E-state index contributed by atoms with van der Waals surface area (Å²) in [5.41, 5.74) is 0. The van der Waals surface area contributed by atoms with Crippen molar-refractivity contribution in [3.05, 3.63) is 0 Å². The zero-order chi connectivity index (χ0) is 14.2. The molecule has 0 spiro atoms. The Labute approximate surface area is 123 Å². The summed E-state index contributed by atoms with van der Waals surface area (Å²) in [7, 11) is 0. The van der Waals surface area contributed by atoms with E-state index in [2.05, 4.69) is 22.0 Å². The molecule has 0 aromatic heterocycles. The molecule has 0 radical (unpaired) electrons. The van der Waals surface area contributed by atoms with E-state index in [0.717, 1.165) is 32.4 Å². The van der Waals surface area contributed by atoms with Gasteiger partial charge in [-0.15, -0.1) is 0 Å². The van der Waals surface area contributed by atoms with Crippen molar-refractivity contribution in [3.63, 3.8) is 0 Å². The Morgan fingerprint density at radius 1 is 1.05 bits per heavy atom. The Kier molecular flexibility index (Phi) is 6.80. The van der Waals surface area contributed by atoms with Gasteiger partial charge in [0.2, 0.25) is 5.91 Å². The highest BCUT2D eigenvalue weighted by molar-refractivity contribution is 5.78. The van der Waals surface area contributed by atoms with E-state index >= 15 is 0 Å². The number of hydrogen-bond acceptors (Lipinski definition) is 3. The Balaban J connectivity index is 1.52. The lowest BCUT2D eigenvalue weighted by molar-refractivity contribution is -0.125. The molecule has 2 aliphatic rings. The highest BCUT2D eigenvalue weighted by atomic mass is 16.1. The SMILES string of the molecule is CCN1CCN(CCCNC(=O)C2CCCCC2)CC1. The molecule has 4 nitrogen and oxygen atoms in total. The minimum Gasteiger partial charge on any atom is -0.356 e. The molecule has 4 heteroatoms. The van der Waals surface area contributed by atoms with E-state index in [1.807, 2.05) is 0 Å². The molecule has 1 aliphatic heterocycles. The van der Waals surface area contributed by atoms with Crippen LogP contribution in [0.4, 0.5) is 0 Å². The average molecular weight is 281 g/mol. The minimum absolute atomic E-state index is 0.303. The number of amides is 1. The number of nitrogens with zero attached hydrogens (tertiary/aromatic N) is 2. The summed E-state index contributed by atoms with van der Waals surface area (Å²) in [6.45, 7) is 10.2. The molecule has 1 amide bonds. The predicted octanol–water partition coefficient (Wildman–Crippen LogP) is 1.71. The normalized spacial score (nSPS) is 22.9. The third-order valence-electron chi connectivity index (χ3n) is 4.84. The van der Waals surface area contributed by atoms with Crippen LogP contribution in [0.1, 0.15) is 45.4 Å². The number of piperazine rings is 1. The third kappa shape index (κ3) is 5.06. The van der Waals surface area contributed by atoms with Crippen molar-refractivity contribution in [1.29, 1.82) is 0 Å². The molecule has 2 fully saturated rings. The highest BCUT2D eigenvalue weighted by Gasteiger charge is 2.20. The van der Waals surface area contributed by atoms with Gasteiger partial charge < -0.3 is 15.1 Å². The highest BCUT2D eigenvalue weighted by Crippen LogP contribution is 2.23. The monoisotopic (exact) mass is 281 g/mol. The van der Waals surface area contributed by atoms with Crippen molar-refractivity contribution in [2.75, 3.05) is 45.8 Å². The van der Waals surface area contributed by atoms with E-state index < -0.39 is 0 Å². The van der Waals surface area contributed by atoms with Crippen molar-refractivity contribution < 1.29 is 4.79 Å². The Hall–Kier alpha value is -0.610. The second-order valence-corrected chi connectivity index (χ2v) is 6.26. The van der Waals surface area contributed by atoms with Gasteiger partial charge in [0, 0.05) is 38.6 Å². The van der Waals surface area contributed by atoms with Crippen LogP contribution in [0.5, 0.6) is 0 Å².